The van der Waals surface area contributed by atoms with Gasteiger partial charge in [0.15, 0.2) is 4.96 Å². The van der Waals surface area contributed by atoms with Crippen molar-refractivity contribution in [2.45, 2.75) is 20.8 Å². The number of hydrogen-bond acceptors (Lipinski definition) is 4. The van der Waals surface area contributed by atoms with Gasteiger partial charge in [-0.25, -0.2) is 4.98 Å². The fraction of sp³-hybridized carbons (Fsp3) is 0.167. The fourth-order valence-electron chi connectivity index (χ4n) is 2.49. The Hall–Kier alpha value is -2.93. The first-order chi connectivity index (χ1) is 12.0. The highest BCUT2D eigenvalue weighted by Crippen LogP contribution is 2.21. The molecule has 6 nitrogen and oxygen atoms in total. The summed E-state index contributed by atoms with van der Waals surface area (Å²) in [5, 5.41) is 0. The molecule has 0 saturated heterocycles. The Morgan fingerprint density at radius 3 is 2.68 bits per heavy atom. The Balaban J connectivity index is 1.66. The second kappa shape index (κ2) is 6.90. The summed E-state index contributed by atoms with van der Waals surface area (Å²) in [6.45, 7) is 5.75. The van der Waals surface area contributed by atoms with Crippen LogP contribution in [0.25, 0.3) is 11.0 Å². The highest BCUT2D eigenvalue weighted by Gasteiger charge is 2.10. The second-order valence-electron chi connectivity index (χ2n) is 5.67. The number of amides is 2. The Bertz CT molecular complexity index is 984. The van der Waals surface area contributed by atoms with E-state index >= 15 is 0 Å². The Labute approximate surface area is 149 Å². The molecule has 3 rings (SSSR count). The van der Waals surface area contributed by atoms with Crippen molar-refractivity contribution >= 4 is 34.2 Å². The Morgan fingerprint density at radius 2 is 1.92 bits per heavy atom. The molecule has 2 aromatic heterocycles. The van der Waals surface area contributed by atoms with Crippen LogP contribution >= 0.6 is 11.3 Å². The van der Waals surface area contributed by atoms with Gasteiger partial charge in [-0.15, -0.1) is 11.3 Å². The number of carbonyl (C=O) groups excluding carboxylic acids is 2. The topological polar surface area (TPSA) is 75.5 Å². The first-order valence-corrected chi connectivity index (χ1v) is 8.56. The van der Waals surface area contributed by atoms with Crippen molar-refractivity contribution in [3.8, 4) is 0 Å². The molecule has 3 aromatic rings. The number of hydrazine groups is 1. The van der Waals surface area contributed by atoms with Crippen LogP contribution < -0.4 is 10.9 Å². The van der Waals surface area contributed by atoms with Crippen LogP contribution in [0, 0.1) is 20.8 Å². The van der Waals surface area contributed by atoms with Crippen molar-refractivity contribution in [3.05, 3.63) is 63.9 Å². The minimum absolute atomic E-state index is 0.351. The van der Waals surface area contributed by atoms with E-state index in [1.54, 1.807) is 29.5 Å². The van der Waals surface area contributed by atoms with Gasteiger partial charge < -0.3 is 0 Å². The largest absolute Gasteiger partial charge is 0.290 e. The molecule has 128 valence electrons. The predicted molar refractivity (Wildman–Crippen MR) is 98.4 cm³/mol. The standard InChI is InChI=1S/C18H18N4O2S/c1-11-6-4-5-7-14(11)17(24)21-20-16(23)9-8-15-13(3)19-18-22(15)10-12(2)25-18/h4-10H,1-3H3,(H,20,23)(H,21,24)/b9-8+. The number of thiazole rings is 1. The summed E-state index contributed by atoms with van der Waals surface area (Å²) in [5.74, 6) is -0.764. The molecule has 1 aromatic carbocycles. The Morgan fingerprint density at radius 1 is 1.16 bits per heavy atom. The number of hydrogen-bond donors (Lipinski definition) is 2. The number of fused-ring (bicyclic) bond motifs is 1. The third kappa shape index (κ3) is 3.61. The number of nitrogens with zero attached hydrogens (tertiary/aromatic N) is 2. The van der Waals surface area contributed by atoms with Crippen molar-refractivity contribution in [1.82, 2.24) is 20.2 Å². The van der Waals surface area contributed by atoms with E-state index in [0.717, 1.165) is 26.8 Å². The molecular weight excluding hydrogens is 336 g/mol. The maximum Gasteiger partial charge on any atom is 0.269 e. The summed E-state index contributed by atoms with van der Waals surface area (Å²) in [6, 6.07) is 7.18. The highest BCUT2D eigenvalue weighted by molar-refractivity contribution is 7.17. The molecule has 0 radical (unpaired) electrons. The first-order valence-electron chi connectivity index (χ1n) is 7.75. The smallest absolute Gasteiger partial charge is 0.269 e. The molecular formula is C18H18N4O2S. The van der Waals surface area contributed by atoms with Gasteiger partial charge in [0, 0.05) is 22.7 Å². The van der Waals surface area contributed by atoms with Crippen molar-refractivity contribution < 1.29 is 9.59 Å². The molecule has 0 aliphatic heterocycles. The lowest BCUT2D eigenvalue weighted by Crippen LogP contribution is -2.41. The Kier molecular flexibility index (Phi) is 4.67. The SMILES string of the molecule is Cc1cn2c(/C=C/C(=O)NNC(=O)c3ccccc3C)c(C)nc2s1. The van der Waals surface area contributed by atoms with E-state index in [2.05, 4.69) is 15.8 Å². The van der Waals surface area contributed by atoms with Gasteiger partial charge in [0.05, 0.1) is 11.4 Å². The van der Waals surface area contributed by atoms with Gasteiger partial charge in [0.25, 0.3) is 11.8 Å². The van der Waals surface area contributed by atoms with Crippen LogP contribution in [0.5, 0.6) is 0 Å². The van der Waals surface area contributed by atoms with Crippen LogP contribution in [-0.2, 0) is 4.79 Å². The van der Waals surface area contributed by atoms with E-state index in [4.69, 9.17) is 0 Å². The zero-order valence-electron chi connectivity index (χ0n) is 14.2. The third-order valence-electron chi connectivity index (χ3n) is 3.74. The number of imidazole rings is 1. The zero-order valence-corrected chi connectivity index (χ0v) is 15.0. The van der Waals surface area contributed by atoms with Crippen LogP contribution in [0.4, 0.5) is 0 Å². The molecule has 2 amide bonds. The fourth-order valence-corrected chi connectivity index (χ4v) is 3.37. The van der Waals surface area contributed by atoms with E-state index in [1.165, 1.54) is 6.08 Å². The normalized spacial score (nSPS) is 11.2. The highest BCUT2D eigenvalue weighted by atomic mass is 32.1. The molecule has 0 atom stereocenters. The van der Waals surface area contributed by atoms with E-state index < -0.39 is 5.91 Å². The molecule has 2 heterocycles. The lowest BCUT2D eigenvalue weighted by atomic mass is 10.1. The molecule has 0 unspecified atom stereocenters. The third-order valence-corrected chi connectivity index (χ3v) is 4.64. The summed E-state index contributed by atoms with van der Waals surface area (Å²) in [7, 11) is 0. The summed E-state index contributed by atoms with van der Waals surface area (Å²) < 4.78 is 1.95. The maximum atomic E-state index is 12.1. The average molecular weight is 354 g/mol. The van der Waals surface area contributed by atoms with Gasteiger partial charge in [0.1, 0.15) is 0 Å². The molecule has 0 aliphatic rings. The average Bonchev–Trinajstić information content (AvgIpc) is 3.06. The quantitative estimate of drug-likeness (QED) is 0.561. The van der Waals surface area contributed by atoms with E-state index in [0.29, 0.717) is 5.56 Å². The number of benzene rings is 1. The minimum Gasteiger partial charge on any atom is -0.290 e. The molecule has 0 bridgehead atoms. The number of carbonyl (C=O) groups is 2. The molecule has 0 fully saturated rings. The molecule has 7 heteroatoms. The van der Waals surface area contributed by atoms with Crippen LogP contribution in [0.15, 0.2) is 36.5 Å². The maximum absolute atomic E-state index is 12.1. The van der Waals surface area contributed by atoms with E-state index in [1.807, 2.05) is 43.5 Å². The van der Waals surface area contributed by atoms with Crippen molar-refractivity contribution in [1.29, 1.82) is 0 Å². The van der Waals surface area contributed by atoms with Crippen molar-refractivity contribution in [2.75, 3.05) is 0 Å². The monoisotopic (exact) mass is 354 g/mol. The van der Waals surface area contributed by atoms with Gasteiger partial charge in [-0.05, 0) is 38.5 Å². The predicted octanol–water partition coefficient (Wildman–Crippen LogP) is 2.80. The number of rotatable bonds is 3. The van der Waals surface area contributed by atoms with Crippen LogP contribution in [0.2, 0.25) is 0 Å². The summed E-state index contributed by atoms with van der Waals surface area (Å²) in [5.41, 5.74) is 7.86. The van der Waals surface area contributed by atoms with Crippen LogP contribution in [0.3, 0.4) is 0 Å². The van der Waals surface area contributed by atoms with Gasteiger partial charge in [-0.3, -0.25) is 24.8 Å². The molecule has 2 N–H and O–H groups in total. The van der Waals surface area contributed by atoms with Gasteiger partial charge in [-0.2, -0.15) is 0 Å². The molecule has 25 heavy (non-hydrogen) atoms. The van der Waals surface area contributed by atoms with E-state index in [9.17, 15) is 9.59 Å². The van der Waals surface area contributed by atoms with E-state index in [-0.39, 0.29) is 5.91 Å². The number of aryl methyl sites for hydroxylation is 3. The van der Waals surface area contributed by atoms with Crippen molar-refractivity contribution in [2.24, 2.45) is 0 Å². The second-order valence-corrected chi connectivity index (χ2v) is 6.88. The van der Waals surface area contributed by atoms with Crippen LogP contribution in [0.1, 0.15) is 32.2 Å². The summed E-state index contributed by atoms with van der Waals surface area (Å²) in [4.78, 5) is 30.5. The lowest BCUT2D eigenvalue weighted by molar-refractivity contribution is -0.117. The number of nitrogens with one attached hydrogen (secondary N) is 2. The van der Waals surface area contributed by atoms with Gasteiger partial charge >= 0.3 is 0 Å². The first kappa shape index (κ1) is 16.9. The van der Waals surface area contributed by atoms with Gasteiger partial charge in [0.2, 0.25) is 0 Å². The minimum atomic E-state index is -0.414. The van der Waals surface area contributed by atoms with Crippen LogP contribution in [-0.4, -0.2) is 21.2 Å². The lowest BCUT2D eigenvalue weighted by Gasteiger charge is -2.07. The summed E-state index contributed by atoms with van der Waals surface area (Å²) in [6.07, 6.45) is 5.05. The zero-order chi connectivity index (χ0) is 18.0. The molecule has 0 spiro atoms. The van der Waals surface area contributed by atoms with Gasteiger partial charge in [-0.1, -0.05) is 18.2 Å². The molecule has 0 aliphatic carbocycles. The van der Waals surface area contributed by atoms with Crippen molar-refractivity contribution in [3.63, 3.8) is 0 Å². The molecule has 0 saturated carbocycles. The summed E-state index contributed by atoms with van der Waals surface area (Å²) >= 11 is 1.59. The number of aromatic nitrogens is 2.